The molecule has 0 saturated carbocycles. The Labute approximate surface area is 168 Å². The van der Waals surface area contributed by atoms with Crippen molar-refractivity contribution in [2.24, 2.45) is 0 Å². The summed E-state index contributed by atoms with van der Waals surface area (Å²) in [6, 6.07) is 13.7. The quantitative estimate of drug-likeness (QED) is 0.671. The topological polar surface area (TPSA) is 53.8 Å². The van der Waals surface area contributed by atoms with E-state index >= 15 is 0 Å². The summed E-state index contributed by atoms with van der Waals surface area (Å²) in [5, 5.41) is 0. The molecule has 0 N–H and O–H groups in total. The third-order valence-electron chi connectivity index (χ3n) is 4.58. The Morgan fingerprint density at radius 2 is 1.64 bits per heavy atom. The predicted molar refractivity (Wildman–Crippen MR) is 111 cm³/mol. The lowest BCUT2D eigenvalue weighted by atomic mass is 10.0. The van der Waals surface area contributed by atoms with E-state index in [0.717, 1.165) is 23.5 Å². The fourth-order valence-corrected chi connectivity index (χ4v) is 3.08. The zero-order valence-electron chi connectivity index (χ0n) is 17.7. The van der Waals surface area contributed by atoms with Crippen LogP contribution in [0.2, 0.25) is 0 Å². The molecule has 2 rings (SSSR count). The number of carbonyl (C=O) groups excluding carboxylic acids is 2. The standard InChI is InChI=1S/C23H32N2O3/c1-6-10-21(26)25(23(3,4)5)17-22(27)24(15-19-11-8-7-9-12-19)16-20-14-13-18(2)28-20/h7-9,11-14H,6,10,15-17H2,1-5H3. The largest absolute Gasteiger partial charge is 0.464 e. The monoisotopic (exact) mass is 384 g/mol. The fraction of sp³-hybridized carbons (Fsp3) is 0.478. The Hall–Kier alpha value is -2.56. The highest BCUT2D eigenvalue weighted by Gasteiger charge is 2.29. The number of benzene rings is 1. The van der Waals surface area contributed by atoms with Crippen LogP contribution in [0.5, 0.6) is 0 Å². The van der Waals surface area contributed by atoms with E-state index in [4.69, 9.17) is 4.42 Å². The maximum absolute atomic E-state index is 13.2. The number of furan rings is 1. The van der Waals surface area contributed by atoms with Gasteiger partial charge in [-0.25, -0.2) is 0 Å². The molecule has 0 bridgehead atoms. The molecule has 1 aromatic heterocycles. The minimum Gasteiger partial charge on any atom is -0.464 e. The molecule has 0 radical (unpaired) electrons. The van der Waals surface area contributed by atoms with Crippen molar-refractivity contribution in [2.75, 3.05) is 6.54 Å². The Bertz CT molecular complexity index is 775. The summed E-state index contributed by atoms with van der Waals surface area (Å²) in [7, 11) is 0. The van der Waals surface area contributed by atoms with Gasteiger partial charge in [0.05, 0.1) is 6.54 Å². The van der Waals surface area contributed by atoms with Crippen LogP contribution >= 0.6 is 0 Å². The summed E-state index contributed by atoms with van der Waals surface area (Å²) < 4.78 is 5.69. The molecule has 0 spiro atoms. The first-order valence-electron chi connectivity index (χ1n) is 9.88. The molecule has 0 aliphatic carbocycles. The Kier molecular flexibility index (Phi) is 7.44. The molecule has 0 aliphatic rings. The maximum Gasteiger partial charge on any atom is 0.242 e. The zero-order chi connectivity index (χ0) is 20.7. The number of nitrogens with zero attached hydrogens (tertiary/aromatic N) is 2. The first-order chi connectivity index (χ1) is 13.2. The van der Waals surface area contributed by atoms with Crippen LogP contribution in [-0.4, -0.2) is 33.7 Å². The molecule has 0 fully saturated rings. The van der Waals surface area contributed by atoms with Gasteiger partial charge in [0, 0.05) is 18.5 Å². The molecular weight excluding hydrogens is 352 g/mol. The van der Waals surface area contributed by atoms with Crippen LogP contribution in [0.3, 0.4) is 0 Å². The molecule has 5 nitrogen and oxygen atoms in total. The molecule has 152 valence electrons. The van der Waals surface area contributed by atoms with E-state index in [-0.39, 0.29) is 18.4 Å². The van der Waals surface area contributed by atoms with E-state index in [1.165, 1.54) is 0 Å². The highest BCUT2D eigenvalue weighted by Crippen LogP contribution is 2.18. The molecule has 2 aromatic rings. The maximum atomic E-state index is 13.2. The smallest absolute Gasteiger partial charge is 0.242 e. The molecule has 1 aromatic carbocycles. The number of hydrogen-bond acceptors (Lipinski definition) is 3. The normalized spacial score (nSPS) is 11.3. The van der Waals surface area contributed by atoms with E-state index in [2.05, 4.69) is 0 Å². The van der Waals surface area contributed by atoms with Gasteiger partial charge in [-0.15, -0.1) is 0 Å². The van der Waals surface area contributed by atoms with Gasteiger partial charge in [0.1, 0.15) is 18.1 Å². The van der Waals surface area contributed by atoms with E-state index in [1.54, 1.807) is 9.80 Å². The second-order valence-corrected chi connectivity index (χ2v) is 8.15. The van der Waals surface area contributed by atoms with Crippen molar-refractivity contribution in [3.63, 3.8) is 0 Å². The number of rotatable bonds is 8. The summed E-state index contributed by atoms with van der Waals surface area (Å²) in [5.74, 6) is 1.48. The summed E-state index contributed by atoms with van der Waals surface area (Å²) >= 11 is 0. The number of amides is 2. The zero-order valence-corrected chi connectivity index (χ0v) is 17.7. The minimum absolute atomic E-state index is 0.0110. The third kappa shape index (κ3) is 6.25. The SMILES string of the molecule is CCCC(=O)N(CC(=O)N(Cc1ccccc1)Cc1ccc(C)o1)C(C)(C)C. The van der Waals surface area contributed by atoms with Gasteiger partial charge >= 0.3 is 0 Å². The van der Waals surface area contributed by atoms with E-state index in [9.17, 15) is 9.59 Å². The highest BCUT2D eigenvalue weighted by molar-refractivity contribution is 5.85. The van der Waals surface area contributed by atoms with Crippen LogP contribution < -0.4 is 0 Å². The predicted octanol–water partition coefficient (Wildman–Crippen LogP) is 4.54. The molecule has 0 aliphatic heterocycles. The highest BCUT2D eigenvalue weighted by atomic mass is 16.3. The van der Waals surface area contributed by atoms with Crippen molar-refractivity contribution >= 4 is 11.8 Å². The Balaban J connectivity index is 2.21. The van der Waals surface area contributed by atoms with E-state index in [1.807, 2.05) is 77.1 Å². The van der Waals surface area contributed by atoms with Crippen LogP contribution in [0, 0.1) is 6.92 Å². The molecule has 0 atom stereocenters. The summed E-state index contributed by atoms with van der Waals surface area (Å²) in [5.41, 5.74) is 0.628. The van der Waals surface area contributed by atoms with Gasteiger partial charge in [-0.05, 0) is 51.8 Å². The van der Waals surface area contributed by atoms with Gasteiger partial charge < -0.3 is 14.2 Å². The van der Waals surface area contributed by atoms with Crippen LogP contribution in [-0.2, 0) is 22.7 Å². The van der Waals surface area contributed by atoms with Crippen LogP contribution in [0.15, 0.2) is 46.9 Å². The van der Waals surface area contributed by atoms with Gasteiger partial charge in [-0.2, -0.15) is 0 Å². The number of carbonyl (C=O) groups is 2. The molecule has 2 amide bonds. The minimum atomic E-state index is -0.415. The van der Waals surface area contributed by atoms with Crippen molar-refractivity contribution in [1.82, 2.24) is 9.80 Å². The molecule has 28 heavy (non-hydrogen) atoms. The summed E-state index contributed by atoms with van der Waals surface area (Å²) in [6.07, 6.45) is 1.21. The molecule has 0 saturated heterocycles. The van der Waals surface area contributed by atoms with Gasteiger partial charge in [0.2, 0.25) is 11.8 Å². The second kappa shape index (κ2) is 9.58. The lowest BCUT2D eigenvalue weighted by Crippen LogP contribution is -2.50. The average Bonchev–Trinajstić information content (AvgIpc) is 3.04. The number of hydrogen-bond donors (Lipinski definition) is 0. The van der Waals surface area contributed by atoms with Crippen molar-refractivity contribution in [2.45, 2.75) is 66.1 Å². The van der Waals surface area contributed by atoms with Gasteiger partial charge in [-0.1, -0.05) is 37.3 Å². The first-order valence-corrected chi connectivity index (χ1v) is 9.88. The van der Waals surface area contributed by atoms with E-state index in [0.29, 0.717) is 19.5 Å². The summed E-state index contributed by atoms with van der Waals surface area (Å²) in [4.78, 5) is 29.3. The van der Waals surface area contributed by atoms with E-state index < -0.39 is 5.54 Å². The first kappa shape index (κ1) is 21.7. The van der Waals surface area contributed by atoms with Crippen LogP contribution in [0.4, 0.5) is 0 Å². The fourth-order valence-electron chi connectivity index (χ4n) is 3.08. The van der Waals surface area contributed by atoms with Gasteiger partial charge in [-0.3, -0.25) is 9.59 Å². The molecule has 0 unspecified atom stereocenters. The van der Waals surface area contributed by atoms with Crippen molar-refractivity contribution in [1.29, 1.82) is 0 Å². The molecule has 5 heteroatoms. The van der Waals surface area contributed by atoms with Crippen LogP contribution in [0.1, 0.15) is 57.6 Å². The lowest BCUT2D eigenvalue weighted by Gasteiger charge is -2.36. The van der Waals surface area contributed by atoms with Crippen molar-refractivity contribution < 1.29 is 14.0 Å². The van der Waals surface area contributed by atoms with Gasteiger partial charge in [0.15, 0.2) is 0 Å². The number of aryl methyl sites for hydroxylation is 1. The van der Waals surface area contributed by atoms with Crippen molar-refractivity contribution in [3.05, 3.63) is 59.5 Å². The Morgan fingerprint density at radius 3 is 2.18 bits per heavy atom. The average molecular weight is 385 g/mol. The van der Waals surface area contributed by atoms with Crippen molar-refractivity contribution in [3.8, 4) is 0 Å². The second-order valence-electron chi connectivity index (χ2n) is 8.15. The molecular formula is C23H32N2O3. The lowest BCUT2D eigenvalue weighted by molar-refractivity contribution is -0.145. The Morgan fingerprint density at radius 1 is 0.964 bits per heavy atom. The van der Waals surface area contributed by atoms with Gasteiger partial charge in [0.25, 0.3) is 0 Å². The molecule has 1 heterocycles. The van der Waals surface area contributed by atoms with Crippen LogP contribution in [0.25, 0.3) is 0 Å². The summed E-state index contributed by atoms with van der Waals surface area (Å²) in [6.45, 7) is 10.7. The third-order valence-corrected chi connectivity index (χ3v) is 4.58.